The molecule has 1 fully saturated rings. The first-order valence-corrected chi connectivity index (χ1v) is 10.7. The molecule has 31 heavy (non-hydrogen) atoms. The van der Waals surface area contributed by atoms with E-state index in [1.807, 2.05) is 36.4 Å². The highest BCUT2D eigenvalue weighted by Crippen LogP contribution is 2.24. The molecule has 1 N–H and O–H groups in total. The number of ether oxygens (including phenoxy) is 4. The van der Waals surface area contributed by atoms with Crippen LogP contribution in [-0.4, -0.2) is 43.8 Å². The molecule has 1 unspecified atom stereocenters. The van der Waals surface area contributed by atoms with Crippen LogP contribution in [0.2, 0.25) is 0 Å². The third kappa shape index (κ3) is 7.74. The van der Waals surface area contributed by atoms with Crippen molar-refractivity contribution in [2.45, 2.75) is 38.4 Å². The summed E-state index contributed by atoms with van der Waals surface area (Å²) in [7, 11) is 0. The van der Waals surface area contributed by atoms with Gasteiger partial charge in [-0.25, -0.2) is 4.79 Å². The fraction of sp³-hybridized carbons (Fsp3) is 0.400. The molecule has 0 aliphatic carbocycles. The fourth-order valence-corrected chi connectivity index (χ4v) is 3.15. The van der Waals surface area contributed by atoms with Gasteiger partial charge in [-0.1, -0.05) is 30.8 Å². The minimum Gasteiger partial charge on any atom is -0.508 e. The Morgan fingerprint density at radius 1 is 1.00 bits per heavy atom. The predicted octanol–water partition coefficient (Wildman–Crippen LogP) is 4.86. The zero-order valence-corrected chi connectivity index (χ0v) is 17.8. The highest BCUT2D eigenvalue weighted by Gasteiger charge is 2.16. The highest BCUT2D eigenvalue weighted by molar-refractivity contribution is 5.87. The number of phenolic OH excluding ortho intramolecular Hbond substituents is 1. The first kappa shape index (κ1) is 22.8. The second-order valence-electron chi connectivity index (χ2n) is 7.47. The van der Waals surface area contributed by atoms with Crippen LogP contribution in [0.3, 0.4) is 0 Å². The summed E-state index contributed by atoms with van der Waals surface area (Å²) in [5.41, 5.74) is 2.39. The topological polar surface area (TPSA) is 74.2 Å². The summed E-state index contributed by atoms with van der Waals surface area (Å²) >= 11 is 0. The Balaban J connectivity index is 1.26. The number of carbonyl (C=O) groups is 1. The van der Waals surface area contributed by atoms with Crippen molar-refractivity contribution in [1.29, 1.82) is 0 Å². The second-order valence-corrected chi connectivity index (χ2v) is 7.47. The molecule has 0 bridgehead atoms. The molecule has 2 aromatic rings. The van der Waals surface area contributed by atoms with E-state index in [9.17, 15) is 9.90 Å². The van der Waals surface area contributed by atoms with Gasteiger partial charge < -0.3 is 24.1 Å². The van der Waals surface area contributed by atoms with Crippen molar-refractivity contribution in [2.24, 2.45) is 0 Å². The number of aromatic hydroxyl groups is 1. The van der Waals surface area contributed by atoms with Crippen molar-refractivity contribution >= 4 is 5.97 Å². The Kier molecular flexibility index (Phi) is 8.94. The van der Waals surface area contributed by atoms with Gasteiger partial charge in [0.15, 0.2) is 6.29 Å². The van der Waals surface area contributed by atoms with E-state index in [1.54, 1.807) is 12.1 Å². The Labute approximate surface area is 183 Å². The van der Waals surface area contributed by atoms with E-state index in [-0.39, 0.29) is 18.6 Å². The maximum absolute atomic E-state index is 11.9. The van der Waals surface area contributed by atoms with Gasteiger partial charge in [0.25, 0.3) is 0 Å². The summed E-state index contributed by atoms with van der Waals surface area (Å²) in [6.07, 6.45) is 4.21. The molecule has 0 spiro atoms. The molecule has 166 valence electrons. The Bertz CT molecular complexity index is 822. The molecule has 0 radical (unpaired) electrons. The van der Waals surface area contributed by atoms with Gasteiger partial charge >= 0.3 is 5.97 Å². The van der Waals surface area contributed by atoms with E-state index in [4.69, 9.17) is 18.9 Å². The summed E-state index contributed by atoms with van der Waals surface area (Å²) in [4.78, 5) is 11.9. The number of benzene rings is 2. The van der Waals surface area contributed by atoms with Gasteiger partial charge in [-0.05, 0) is 67.5 Å². The maximum atomic E-state index is 11.9. The molecule has 0 aromatic heterocycles. The molecule has 6 heteroatoms. The Morgan fingerprint density at radius 3 is 2.35 bits per heavy atom. The van der Waals surface area contributed by atoms with Crippen molar-refractivity contribution < 1.29 is 28.8 Å². The van der Waals surface area contributed by atoms with Gasteiger partial charge in [-0.15, -0.1) is 0 Å². The Morgan fingerprint density at radius 2 is 1.68 bits per heavy atom. The minimum absolute atomic E-state index is 0.132. The van der Waals surface area contributed by atoms with Crippen LogP contribution >= 0.6 is 0 Å². The number of esters is 1. The summed E-state index contributed by atoms with van der Waals surface area (Å²) < 4.78 is 22.0. The maximum Gasteiger partial charge on any atom is 0.335 e. The second kappa shape index (κ2) is 12.1. The third-order valence-corrected chi connectivity index (χ3v) is 4.97. The average molecular weight is 427 g/mol. The number of rotatable bonds is 11. The van der Waals surface area contributed by atoms with Crippen LogP contribution in [0.15, 0.2) is 60.7 Å². The molecule has 6 nitrogen and oxygen atoms in total. The van der Waals surface area contributed by atoms with Crippen molar-refractivity contribution in [3.05, 3.63) is 60.7 Å². The lowest BCUT2D eigenvalue weighted by atomic mass is 10.1. The zero-order valence-electron chi connectivity index (χ0n) is 17.8. The van der Waals surface area contributed by atoms with Gasteiger partial charge in [0.1, 0.15) is 11.5 Å². The average Bonchev–Trinajstić information content (AvgIpc) is 2.81. The van der Waals surface area contributed by atoms with E-state index in [0.29, 0.717) is 31.8 Å². The number of hydrogen-bond donors (Lipinski definition) is 1. The first-order valence-electron chi connectivity index (χ1n) is 10.7. The number of carbonyl (C=O) groups excluding carboxylic acids is 1. The predicted molar refractivity (Wildman–Crippen MR) is 118 cm³/mol. The van der Waals surface area contributed by atoms with Crippen LogP contribution in [0.1, 0.15) is 32.1 Å². The van der Waals surface area contributed by atoms with Crippen LogP contribution in [0.4, 0.5) is 0 Å². The molecule has 0 saturated carbocycles. The molecular weight excluding hydrogens is 396 g/mol. The van der Waals surface area contributed by atoms with Crippen LogP contribution in [0.5, 0.6) is 11.5 Å². The highest BCUT2D eigenvalue weighted by atomic mass is 16.7. The molecule has 2 aromatic carbocycles. The number of hydrogen-bond acceptors (Lipinski definition) is 6. The summed E-state index contributed by atoms with van der Waals surface area (Å²) in [6, 6.07) is 14.9. The molecule has 1 saturated heterocycles. The van der Waals surface area contributed by atoms with Crippen molar-refractivity contribution in [3.63, 3.8) is 0 Å². The minimum atomic E-state index is -0.429. The fourth-order valence-electron chi connectivity index (χ4n) is 3.15. The summed E-state index contributed by atoms with van der Waals surface area (Å²) in [6.45, 7) is 5.43. The smallest absolute Gasteiger partial charge is 0.335 e. The summed E-state index contributed by atoms with van der Waals surface area (Å²) in [5, 5.41) is 9.38. The van der Waals surface area contributed by atoms with Crippen molar-refractivity contribution in [2.75, 3.05) is 26.4 Å². The normalized spacial score (nSPS) is 15.9. The van der Waals surface area contributed by atoms with Crippen LogP contribution in [0.25, 0.3) is 11.1 Å². The van der Waals surface area contributed by atoms with E-state index in [2.05, 4.69) is 6.58 Å². The SMILES string of the molecule is C=C(COC1CCCCO1)C(=O)OCCCCOc1ccc(-c2ccc(O)cc2)cc1. The molecule has 1 atom stereocenters. The van der Waals surface area contributed by atoms with Crippen LogP contribution in [-0.2, 0) is 19.0 Å². The van der Waals surface area contributed by atoms with Crippen LogP contribution in [0, 0.1) is 0 Å². The van der Waals surface area contributed by atoms with Crippen LogP contribution < -0.4 is 4.74 Å². The number of unbranched alkanes of at least 4 members (excludes halogenated alkanes) is 1. The van der Waals surface area contributed by atoms with Gasteiger partial charge in [-0.2, -0.15) is 0 Å². The monoisotopic (exact) mass is 426 g/mol. The van der Waals surface area contributed by atoms with Gasteiger partial charge in [0.2, 0.25) is 0 Å². The molecule has 1 aliphatic rings. The first-order chi connectivity index (χ1) is 15.1. The van der Waals surface area contributed by atoms with E-state index in [0.717, 1.165) is 42.6 Å². The standard InChI is InChI=1S/C25H30O6/c1-19(18-31-24-6-2-3-16-29-24)25(27)30-17-5-4-15-28-23-13-9-21(10-14-23)20-7-11-22(26)12-8-20/h7-14,24,26H,1-6,15-18H2. The van der Waals surface area contributed by atoms with E-state index >= 15 is 0 Å². The van der Waals surface area contributed by atoms with E-state index in [1.165, 1.54) is 0 Å². The van der Waals surface area contributed by atoms with Gasteiger partial charge in [0.05, 0.1) is 25.4 Å². The lowest BCUT2D eigenvalue weighted by Crippen LogP contribution is -2.24. The molecular formula is C25H30O6. The van der Waals surface area contributed by atoms with Crippen molar-refractivity contribution in [1.82, 2.24) is 0 Å². The van der Waals surface area contributed by atoms with Crippen molar-refractivity contribution in [3.8, 4) is 22.6 Å². The molecule has 3 rings (SSSR count). The van der Waals surface area contributed by atoms with Gasteiger partial charge in [0, 0.05) is 6.61 Å². The summed E-state index contributed by atoms with van der Waals surface area (Å²) in [5.74, 6) is 0.609. The quantitative estimate of drug-likeness (QED) is 0.314. The molecule has 1 heterocycles. The zero-order chi connectivity index (χ0) is 21.9. The molecule has 1 aliphatic heterocycles. The lowest BCUT2D eigenvalue weighted by molar-refractivity contribution is -0.160. The Hall–Kier alpha value is -2.83. The lowest BCUT2D eigenvalue weighted by Gasteiger charge is -2.22. The third-order valence-electron chi connectivity index (χ3n) is 4.97. The van der Waals surface area contributed by atoms with E-state index < -0.39 is 5.97 Å². The molecule has 0 amide bonds. The van der Waals surface area contributed by atoms with Gasteiger partial charge in [-0.3, -0.25) is 0 Å². The largest absolute Gasteiger partial charge is 0.508 e. The number of phenols is 1.